The van der Waals surface area contributed by atoms with E-state index in [0.29, 0.717) is 11.6 Å². The Hall–Kier alpha value is -3.42. The molecule has 3 aromatic rings. The van der Waals surface area contributed by atoms with Crippen LogP contribution in [0.5, 0.6) is 0 Å². The quantitative estimate of drug-likeness (QED) is 0.670. The van der Waals surface area contributed by atoms with Crippen LogP contribution in [0, 0.1) is 12.8 Å². The molecule has 0 radical (unpaired) electrons. The fourth-order valence-corrected chi connectivity index (χ4v) is 4.45. The molecule has 3 heterocycles. The number of hydrogen-bond donors (Lipinski definition) is 1. The number of nitrogens with zero attached hydrogens (tertiary/aromatic N) is 5. The minimum absolute atomic E-state index is 0.0861. The molecule has 2 aliphatic rings. The van der Waals surface area contributed by atoms with E-state index in [9.17, 15) is 9.59 Å². The molecule has 0 bridgehead atoms. The van der Waals surface area contributed by atoms with Crippen LogP contribution in [0.3, 0.4) is 0 Å². The van der Waals surface area contributed by atoms with E-state index in [1.54, 1.807) is 15.7 Å². The predicted molar refractivity (Wildman–Crippen MR) is 123 cm³/mol. The van der Waals surface area contributed by atoms with E-state index < -0.39 is 0 Å². The van der Waals surface area contributed by atoms with Gasteiger partial charge in [0.25, 0.3) is 5.56 Å². The summed E-state index contributed by atoms with van der Waals surface area (Å²) < 4.78 is 3.36. The molecule has 1 N–H and O–H groups in total. The highest BCUT2D eigenvalue weighted by Gasteiger charge is 2.29. The zero-order valence-electron chi connectivity index (χ0n) is 18.5. The smallest absolute Gasteiger partial charge is 0.295 e. The number of aromatic nitrogens is 4. The summed E-state index contributed by atoms with van der Waals surface area (Å²) in [5, 5.41) is 2.93. The van der Waals surface area contributed by atoms with Crippen LogP contribution in [0.25, 0.3) is 5.69 Å². The molecule has 1 saturated heterocycles. The van der Waals surface area contributed by atoms with Gasteiger partial charge in [-0.3, -0.25) is 14.3 Å². The Kier molecular flexibility index (Phi) is 5.28. The Labute approximate surface area is 186 Å². The summed E-state index contributed by atoms with van der Waals surface area (Å²) in [6.45, 7) is 3.38. The number of carbonyl (C=O) groups excluding carboxylic acids is 1. The van der Waals surface area contributed by atoms with Gasteiger partial charge in [-0.1, -0.05) is 18.2 Å². The van der Waals surface area contributed by atoms with E-state index in [2.05, 4.69) is 26.3 Å². The first-order chi connectivity index (χ1) is 15.5. The molecule has 8 heteroatoms. The van der Waals surface area contributed by atoms with Crippen LogP contribution in [0.15, 0.2) is 47.5 Å². The number of carbonyl (C=O) groups is 1. The third-order valence-electron chi connectivity index (χ3n) is 6.66. The van der Waals surface area contributed by atoms with Crippen molar-refractivity contribution >= 4 is 17.4 Å². The average molecular weight is 433 g/mol. The largest absolute Gasteiger partial charge is 0.356 e. The Bertz CT molecular complexity index is 1190. The molecule has 0 spiro atoms. The van der Waals surface area contributed by atoms with E-state index in [4.69, 9.17) is 0 Å². The zero-order chi connectivity index (χ0) is 22.2. The van der Waals surface area contributed by atoms with Crippen LogP contribution in [0.1, 0.15) is 43.0 Å². The summed E-state index contributed by atoms with van der Waals surface area (Å²) in [7, 11) is 1.83. The number of rotatable bonds is 5. The number of nitrogens with one attached hydrogen (secondary N) is 1. The first-order valence-corrected chi connectivity index (χ1v) is 11.2. The number of piperidine rings is 1. The number of amides is 1. The molecule has 1 aliphatic heterocycles. The zero-order valence-corrected chi connectivity index (χ0v) is 18.5. The number of hydrogen-bond acceptors (Lipinski definition) is 5. The van der Waals surface area contributed by atoms with Crippen molar-refractivity contribution in [1.29, 1.82) is 0 Å². The Morgan fingerprint density at radius 2 is 1.78 bits per heavy atom. The van der Waals surface area contributed by atoms with Gasteiger partial charge in [0.2, 0.25) is 5.91 Å². The van der Waals surface area contributed by atoms with E-state index in [1.807, 2.05) is 44.3 Å². The molecule has 5 rings (SSSR count). The molecule has 2 fully saturated rings. The van der Waals surface area contributed by atoms with Gasteiger partial charge in [-0.2, -0.15) is 0 Å². The van der Waals surface area contributed by atoms with Gasteiger partial charge in [0.05, 0.1) is 11.4 Å². The first kappa shape index (κ1) is 20.5. The molecule has 166 valence electrons. The SMILES string of the molecule is Cc1c(NC(=O)C2CCN(c3cc(C4CC4)ncn3)CC2)c(=O)n(-c2ccccc2)n1C. The normalized spacial score (nSPS) is 16.9. The second-order valence-corrected chi connectivity index (χ2v) is 8.76. The summed E-state index contributed by atoms with van der Waals surface area (Å²) >= 11 is 0. The van der Waals surface area contributed by atoms with Crippen LogP contribution < -0.4 is 15.8 Å². The fourth-order valence-electron chi connectivity index (χ4n) is 4.45. The number of anilines is 2. The third kappa shape index (κ3) is 3.81. The molecule has 1 aromatic carbocycles. The fraction of sp³-hybridized carbons (Fsp3) is 0.417. The van der Waals surface area contributed by atoms with Gasteiger partial charge >= 0.3 is 0 Å². The molecule has 1 saturated carbocycles. The van der Waals surface area contributed by atoms with Crippen molar-refractivity contribution in [3.05, 3.63) is 64.5 Å². The van der Waals surface area contributed by atoms with E-state index in [1.165, 1.54) is 12.8 Å². The van der Waals surface area contributed by atoms with Crippen molar-refractivity contribution in [2.45, 2.75) is 38.5 Å². The maximum Gasteiger partial charge on any atom is 0.295 e. The topological polar surface area (TPSA) is 85.1 Å². The number of benzene rings is 1. The minimum atomic E-state index is -0.212. The van der Waals surface area contributed by atoms with Crippen molar-refractivity contribution in [3.8, 4) is 5.69 Å². The number of para-hydroxylation sites is 1. The van der Waals surface area contributed by atoms with Gasteiger partial charge in [-0.15, -0.1) is 0 Å². The second kappa shape index (κ2) is 8.26. The lowest BCUT2D eigenvalue weighted by atomic mass is 9.95. The van der Waals surface area contributed by atoms with Crippen molar-refractivity contribution in [2.24, 2.45) is 13.0 Å². The standard InChI is InChI=1S/C24H28N6O2/c1-16-22(24(32)30(28(16)2)19-6-4-3-5-7-19)27-23(31)18-10-12-29(13-11-18)21-14-20(17-8-9-17)25-15-26-21/h3-7,14-15,17-18H,8-13H2,1-2H3,(H,27,31). The Morgan fingerprint density at radius 3 is 2.47 bits per heavy atom. The summed E-state index contributed by atoms with van der Waals surface area (Å²) in [6, 6.07) is 11.5. The van der Waals surface area contributed by atoms with Crippen LogP contribution in [-0.4, -0.2) is 38.3 Å². The Balaban J connectivity index is 1.27. The molecule has 2 aromatic heterocycles. The molecular weight excluding hydrogens is 404 g/mol. The predicted octanol–water partition coefficient (Wildman–Crippen LogP) is 3.01. The van der Waals surface area contributed by atoms with Crippen molar-refractivity contribution < 1.29 is 4.79 Å². The van der Waals surface area contributed by atoms with Gasteiger partial charge in [0.15, 0.2) is 0 Å². The van der Waals surface area contributed by atoms with Gasteiger partial charge in [-0.25, -0.2) is 14.6 Å². The molecule has 8 nitrogen and oxygen atoms in total. The molecule has 32 heavy (non-hydrogen) atoms. The van der Waals surface area contributed by atoms with E-state index >= 15 is 0 Å². The molecule has 0 atom stereocenters. The third-order valence-corrected chi connectivity index (χ3v) is 6.66. The minimum Gasteiger partial charge on any atom is -0.356 e. The van der Waals surface area contributed by atoms with Gasteiger partial charge in [0, 0.05) is 43.7 Å². The highest BCUT2D eigenvalue weighted by atomic mass is 16.2. The summed E-state index contributed by atoms with van der Waals surface area (Å²) in [6.07, 6.45) is 5.53. The summed E-state index contributed by atoms with van der Waals surface area (Å²) in [5.74, 6) is 1.33. The van der Waals surface area contributed by atoms with Crippen LogP contribution >= 0.6 is 0 Å². The molecular formula is C24H28N6O2. The van der Waals surface area contributed by atoms with Crippen molar-refractivity contribution in [3.63, 3.8) is 0 Å². The molecule has 1 amide bonds. The lowest BCUT2D eigenvalue weighted by Crippen LogP contribution is -2.39. The van der Waals surface area contributed by atoms with Crippen molar-refractivity contribution in [2.75, 3.05) is 23.3 Å². The van der Waals surface area contributed by atoms with Gasteiger partial charge in [0.1, 0.15) is 17.8 Å². The first-order valence-electron chi connectivity index (χ1n) is 11.2. The van der Waals surface area contributed by atoms with E-state index in [0.717, 1.165) is 48.8 Å². The monoisotopic (exact) mass is 432 g/mol. The lowest BCUT2D eigenvalue weighted by Gasteiger charge is -2.32. The summed E-state index contributed by atoms with van der Waals surface area (Å²) in [4.78, 5) is 37.1. The van der Waals surface area contributed by atoms with Crippen molar-refractivity contribution in [1.82, 2.24) is 19.3 Å². The maximum atomic E-state index is 13.1. The van der Waals surface area contributed by atoms with Crippen LogP contribution in [0.2, 0.25) is 0 Å². The molecule has 0 unspecified atom stereocenters. The van der Waals surface area contributed by atoms with Gasteiger partial charge < -0.3 is 10.2 Å². The van der Waals surface area contributed by atoms with E-state index in [-0.39, 0.29) is 17.4 Å². The maximum absolute atomic E-state index is 13.1. The Morgan fingerprint density at radius 1 is 1.06 bits per heavy atom. The molecule has 1 aliphatic carbocycles. The highest BCUT2D eigenvalue weighted by Crippen LogP contribution is 2.39. The average Bonchev–Trinajstić information content (AvgIpc) is 3.65. The van der Waals surface area contributed by atoms with Crippen LogP contribution in [0.4, 0.5) is 11.5 Å². The summed E-state index contributed by atoms with van der Waals surface area (Å²) in [5.41, 5.74) is 2.78. The lowest BCUT2D eigenvalue weighted by molar-refractivity contribution is -0.120. The van der Waals surface area contributed by atoms with Crippen LogP contribution in [-0.2, 0) is 11.8 Å². The van der Waals surface area contributed by atoms with Gasteiger partial charge in [-0.05, 0) is 44.7 Å². The second-order valence-electron chi connectivity index (χ2n) is 8.76. The highest BCUT2D eigenvalue weighted by molar-refractivity contribution is 5.93.